The predicted octanol–water partition coefficient (Wildman–Crippen LogP) is 7.58. The quantitative estimate of drug-likeness (QED) is 0.367. The van der Waals surface area contributed by atoms with Crippen LogP contribution in [0.1, 0.15) is 45.6 Å². The van der Waals surface area contributed by atoms with Crippen molar-refractivity contribution in [3.63, 3.8) is 0 Å². The molecule has 0 aliphatic heterocycles. The summed E-state index contributed by atoms with van der Waals surface area (Å²) in [6, 6.07) is 19.7. The molecule has 0 spiro atoms. The van der Waals surface area contributed by atoms with E-state index in [1.165, 1.54) is 20.0 Å². The molecule has 0 aromatic heterocycles. The maximum absolute atomic E-state index is 12.8. The van der Waals surface area contributed by atoms with Crippen LogP contribution < -0.4 is 9.46 Å². The molecule has 0 unspecified atom stereocenters. The van der Waals surface area contributed by atoms with Gasteiger partial charge in [0.25, 0.3) is 10.0 Å². The summed E-state index contributed by atoms with van der Waals surface area (Å²) in [5.74, 6) is 0.487. The number of ether oxygens (including phenoxy) is 1. The highest BCUT2D eigenvalue weighted by Gasteiger charge is 2.17. The Morgan fingerprint density at radius 1 is 0.812 bits per heavy atom. The van der Waals surface area contributed by atoms with Gasteiger partial charge in [0.1, 0.15) is 5.75 Å². The number of unbranched alkanes of at least 4 members (excludes halogenated alkanes) is 1. The Balaban J connectivity index is 0.000000837. The summed E-state index contributed by atoms with van der Waals surface area (Å²) in [5.41, 5.74) is 3.38. The van der Waals surface area contributed by atoms with Crippen molar-refractivity contribution in [1.82, 2.24) is 0 Å². The number of benzene rings is 3. The summed E-state index contributed by atoms with van der Waals surface area (Å²) in [6.07, 6.45) is 4.49. The van der Waals surface area contributed by atoms with Crippen molar-refractivity contribution in [2.45, 2.75) is 51.3 Å². The van der Waals surface area contributed by atoms with E-state index in [0.717, 1.165) is 29.5 Å². The summed E-state index contributed by atoms with van der Waals surface area (Å²) in [7, 11) is -2.21. The van der Waals surface area contributed by atoms with Crippen molar-refractivity contribution in [3.05, 3.63) is 77.3 Å². The summed E-state index contributed by atoms with van der Waals surface area (Å²) in [4.78, 5) is 0.188. The van der Waals surface area contributed by atoms with Crippen molar-refractivity contribution < 1.29 is 13.2 Å². The molecule has 0 amide bonds. The Morgan fingerprint density at radius 2 is 1.38 bits per heavy atom. The molecule has 3 rings (SSSR count). The van der Waals surface area contributed by atoms with Crippen molar-refractivity contribution in [1.29, 1.82) is 0 Å². The van der Waals surface area contributed by atoms with E-state index in [0.29, 0.717) is 16.5 Å². The lowest BCUT2D eigenvalue weighted by Gasteiger charge is -2.14. The third-order valence-electron chi connectivity index (χ3n) is 4.89. The minimum absolute atomic E-state index is 0.188. The van der Waals surface area contributed by atoms with Crippen LogP contribution in [0.5, 0.6) is 5.75 Å². The van der Waals surface area contributed by atoms with Gasteiger partial charge in [-0.2, -0.15) is 0 Å². The lowest BCUT2D eigenvalue weighted by Crippen LogP contribution is -2.13. The molecule has 3 aromatic carbocycles. The van der Waals surface area contributed by atoms with Crippen LogP contribution in [0.15, 0.2) is 71.6 Å². The Bertz CT molecular complexity index is 1080. The van der Waals surface area contributed by atoms with Gasteiger partial charge in [0.15, 0.2) is 0 Å². The highest BCUT2D eigenvalue weighted by Crippen LogP contribution is 2.29. The van der Waals surface area contributed by atoms with E-state index in [1.54, 1.807) is 42.5 Å². The Hall–Kier alpha value is -2.50. The van der Waals surface area contributed by atoms with Crippen molar-refractivity contribution in [3.8, 4) is 16.9 Å². The largest absolute Gasteiger partial charge is 0.495 e. The molecule has 0 saturated heterocycles. The predicted molar refractivity (Wildman–Crippen MR) is 135 cm³/mol. The number of aryl methyl sites for hydroxylation is 1. The summed E-state index contributed by atoms with van der Waals surface area (Å²) in [5, 5.41) is 0.659. The normalized spacial score (nSPS) is 10.8. The van der Waals surface area contributed by atoms with E-state index in [2.05, 4.69) is 25.5 Å². The lowest BCUT2D eigenvalue weighted by molar-refractivity contribution is 0.416. The second kappa shape index (κ2) is 12.5. The topological polar surface area (TPSA) is 55.4 Å². The number of anilines is 1. The molecule has 0 heterocycles. The average Bonchev–Trinajstić information content (AvgIpc) is 2.80. The number of methoxy groups -OCH3 is 1. The van der Waals surface area contributed by atoms with Crippen LogP contribution in [-0.4, -0.2) is 15.5 Å². The molecule has 32 heavy (non-hydrogen) atoms. The van der Waals surface area contributed by atoms with Gasteiger partial charge in [0.05, 0.1) is 17.7 Å². The second-order valence-electron chi connectivity index (χ2n) is 7.42. The van der Waals surface area contributed by atoms with Gasteiger partial charge in [-0.1, -0.05) is 82.0 Å². The van der Waals surface area contributed by atoms with Gasteiger partial charge < -0.3 is 4.74 Å². The first-order valence-corrected chi connectivity index (χ1v) is 12.8. The van der Waals surface area contributed by atoms with E-state index in [-0.39, 0.29) is 4.90 Å². The molecule has 0 radical (unpaired) electrons. The molecule has 3 aromatic rings. The molecule has 0 fully saturated rings. The number of sulfonamides is 1. The maximum Gasteiger partial charge on any atom is 0.262 e. The van der Waals surface area contributed by atoms with E-state index < -0.39 is 10.0 Å². The van der Waals surface area contributed by atoms with Crippen LogP contribution in [0.3, 0.4) is 0 Å². The standard InChI is InChI=1S/C22H22ClNO3S.C4H10/c1-3-4-16-5-14-22(27-2)21(15-16)24-28(25,26)20-12-8-18(9-13-20)17-6-10-19(23)11-7-17;1-3-4-2/h5-15,24H,3-4H2,1-2H3;3-4H2,1-2H3. The third kappa shape index (κ3) is 7.28. The van der Waals surface area contributed by atoms with Crippen molar-refractivity contribution in [2.75, 3.05) is 11.8 Å². The zero-order chi connectivity index (χ0) is 23.6. The van der Waals surface area contributed by atoms with Crippen LogP contribution in [0.4, 0.5) is 5.69 Å². The number of hydrogen-bond donors (Lipinski definition) is 1. The molecule has 0 bridgehead atoms. The fourth-order valence-corrected chi connectivity index (χ4v) is 4.14. The van der Waals surface area contributed by atoms with Gasteiger partial charge in [-0.3, -0.25) is 4.72 Å². The third-order valence-corrected chi connectivity index (χ3v) is 6.52. The number of halogens is 1. The Labute approximate surface area is 197 Å². The highest BCUT2D eigenvalue weighted by molar-refractivity contribution is 7.92. The SMILES string of the molecule is CCCC.CCCc1ccc(OC)c(NS(=O)(=O)c2ccc(-c3ccc(Cl)cc3)cc2)c1. The van der Waals surface area contributed by atoms with Gasteiger partial charge in [-0.15, -0.1) is 0 Å². The van der Waals surface area contributed by atoms with Gasteiger partial charge in [0, 0.05) is 5.02 Å². The van der Waals surface area contributed by atoms with E-state index in [9.17, 15) is 8.42 Å². The number of rotatable bonds is 8. The molecule has 4 nitrogen and oxygen atoms in total. The van der Waals surface area contributed by atoms with E-state index >= 15 is 0 Å². The Kier molecular flexibility index (Phi) is 10.1. The van der Waals surface area contributed by atoms with Crippen LogP contribution in [0.25, 0.3) is 11.1 Å². The first-order valence-electron chi connectivity index (χ1n) is 10.9. The van der Waals surface area contributed by atoms with Gasteiger partial charge in [0.2, 0.25) is 0 Å². The lowest BCUT2D eigenvalue weighted by atomic mass is 10.1. The molecule has 6 heteroatoms. The molecule has 1 N–H and O–H groups in total. The fraction of sp³-hybridized carbons (Fsp3) is 0.308. The zero-order valence-corrected chi connectivity index (χ0v) is 20.8. The second-order valence-corrected chi connectivity index (χ2v) is 9.54. The fourth-order valence-electron chi connectivity index (χ4n) is 2.95. The molecule has 0 aliphatic rings. The first kappa shape index (κ1) is 25.8. The number of nitrogens with one attached hydrogen (secondary N) is 1. The molecular formula is C26H32ClNO3S. The van der Waals surface area contributed by atoms with Crippen LogP contribution in [0.2, 0.25) is 5.02 Å². The van der Waals surface area contributed by atoms with Gasteiger partial charge in [-0.25, -0.2) is 8.42 Å². The molecule has 0 saturated carbocycles. The molecular weight excluding hydrogens is 442 g/mol. The summed E-state index contributed by atoms with van der Waals surface area (Å²) in [6.45, 7) is 6.44. The summed E-state index contributed by atoms with van der Waals surface area (Å²) >= 11 is 5.92. The van der Waals surface area contributed by atoms with Gasteiger partial charge in [-0.05, 0) is 59.5 Å². The minimum Gasteiger partial charge on any atom is -0.495 e. The van der Waals surface area contributed by atoms with Gasteiger partial charge >= 0.3 is 0 Å². The summed E-state index contributed by atoms with van der Waals surface area (Å²) < 4.78 is 33.7. The molecule has 172 valence electrons. The smallest absolute Gasteiger partial charge is 0.262 e. The number of hydrogen-bond acceptors (Lipinski definition) is 3. The van der Waals surface area contributed by atoms with Crippen LogP contribution in [-0.2, 0) is 16.4 Å². The first-order chi connectivity index (χ1) is 15.3. The average molecular weight is 474 g/mol. The minimum atomic E-state index is -3.73. The van der Waals surface area contributed by atoms with E-state index in [1.807, 2.05) is 24.3 Å². The molecule has 0 atom stereocenters. The van der Waals surface area contributed by atoms with Crippen molar-refractivity contribution in [2.24, 2.45) is 0 Å². The van der Waals surface area contributed by atoms with Crippen molar-refractivity contribution >= 4 is 27.3 Å². The highest BCUT2D eigenvalue weighted by atomic mass is 35.5. The molecule has 0 aliphatic carbocycles. The Morgan fingerprint density at radius 3 is 1.88 bits per heavy atom. The van der Waals surface area contributed by atoms with Crippen LogP contribution in [0, 0.1) is 0 Å². The van der Waals surface area contributed by atoms with E-state index in [4.69, 9.17) is 16.3 Å². The van der Waals surface area contributed by atoms with Crippen LogP contribution >= 0.6 is 11.6 Å². The monoisotopic (exact) mass is 473 g/mol. The maximum atomic E-state index is 12.8. The zero-order valence-electron chi connectivity index (χ0n) is 19.2.